The van der Waals surface area contributed by atoms with E-state index in [-0.39, 0.29) is 16.5 Å². The van der Waals surface area contributed by atoms with Crippen molar-refractivity contribution in [1.29, 1.82) is 0 Å². The van der Waals surface area contributed by atoms with Gasteiger partial charge in [-0.05, 0) is 42.7 Å². The van der Waals surface area contributed by atoms with E-state index in [1.165, 1.54) is 24.8 Å². The van der Waals surface area contributed by atoms with E-state index in [1.807, 2.05) is 6.07 Å². The van der Waals surface area contributed by atoms with Crippen LogP contribution in [0.1, 0.15) is 69.9 Å². The molecule has 1 heterocycles. The minimum absolute atomic E-state index is 0.154. The van der Waals surface area contributed by atoms with Crippen molar-refractivity contribution in [2.24, 2.45) is 0 Å². The molecule has 0 aliphatic carbocycles. The molecule has 4 nitrogen and oxygen atoms in total. The molecule has 0 N–H and O–H groups in total. The zero-order chi connectivity index (χ0) is 15.6. The molecule has 0 bridgehead atoms. The molecule has 0 radical (unpaired) electrons. The first-order valence-electron chi connectivity index (χ1n) is 7.99. The number of anilines is 1. The summed E-state index contributed by atoms with van der Waals surface area (Å²) in [6, 6.07) is 3.65. The van der Waals surface area contributed by atoms with Crippen molar-refractivity contribution in [3.63, 3.8) is 0 Å². The number of nitro groups is 1. The summed E-state index contributed by atoms with van der Waals surface area (Å²) < 4.78 is 0. The minimum atomic E-state index is -0.229. The Labute approximate surface area is 127 Å². The molecule has 0 saturated carbocycles. The number of piperidine rings is 1. The van der Waals surface area contributed by atoms with Gasteiger partial charge in [0.25, 0.3) is 5.69 Å². The van der Waals surface area contributed by atoms with Gasteiger partial charge in [0.15, 0.2) is 0 Å². The van der Waals surface area contributed by atoms with E-state index in [2.05, 4.69) is 32.6 Å². The van der Waals surface area contributed by atoms with E-state index >= 15 is 0 Å². The largest absolute Gasteiger partial charge is 0.371 e. The van der Waals surface area contributed by atoms with Gasteiger partial charge in [0.1, 0.15) is 0 Å². The second kappa shape index (κ2) is 6.46. The highest BCUT2D eigenvalue weighted by atomic mass is 16.6. The molecule has 0 amide bonds. The van der Waals surface area contributed by atoms with Crippen molar-refractivity contribution in [3.8, 4) is 0 Å². The van der Waals surface area contributed by atoms with Crippen molar-refractivity contribution < 1.29 is 4.92 Å². The molecule has 1 aliphatic heterocycles. The van der Waals surface area contributed by atoms with Crippen LogP contribution in [0.4, 0.5) is 11.4 Å². The molecular weight excluding hydrogens is 264 g/mol. The summed E-state index contributed by atoms with van der Waals surface area (Å²) in [6.07, 6.45) is 3.62. The smallest absolute Gasteiger partial charge is 0.274 e. The maximum absolute atomic E-state index is 11.4. The van der Waals surface area contributed by atoms with Gasteiger partial charge in [0.2, 0.25) is 0 Å². The SMILES string of the molecule is CC(C)c1ccc([N+](=O)[O-])c(C(C)C)c1N1CCCCC1. The van der Waals surface area contributed by atoms with Crippen LogP contribution in [0.3, 0.4) is 0 Å². The third kappa shape index (κ3) is 3.20. The van der Waals surface area contributed by atoms with Crippen LogP contribution in [-0.2, 0) is 0 Å². The zero-order valence-electron chi connectivity index (χ0n) is 13.6. The third-order valence-electron chi connectivity index (χ3n) is 4.29. The minimum Gasteiger partial charge on any atom is -0.371 e. The van der Waals surface area contributed by atoms with Crippen LogP contribution >= 0.6 is 0 Å². The molecule has 4 heteroatoms. The van der Waals surface area contributed by atoms with E-state index in [1.54, 1.807) is 6.07 Å². The number of nitro benzene ring substituents is 1. The summed E-state index contributed by atoms with van der Waals surface area (Å²) in [7, 11) is 0. The van der Waals surface area contributed by atoms with E-state index in [0.29, 0.717) is 5.92 Å². The summed E-state index contributed by atoms with van der Waals surface area (Å²) in [5.74, 6) is 0.529. The Kier molecular flexibility index (Phi) is 4.86. The van der Waals surface area contributed by atoms with E-state index in [4.69, 9.17) is 0 Å². The van der Waals surface area contributed by atoms with Crippen molar-refractivity contribution in [2.75, 3.05) is 18.0 Å². The highest BCUT2D eigenvalue weighted by Crippen LogP contribution is 2.41. The Bertz CT molecular complexity index is 518. The van der Waals surface area contributed by atoms with E-state index in [9.17, 15) is 10.1 Å². The molecule has 1 aromatic carbocycles. The lowest BCUT2D eigenvalue weighted by Gasteiger charge is -2.34. The molecule has 1 fully saturated rings. The van der Waals surface area contributed by atoms with Crippen LogP contribution in [-0.4, -0.2) is 18.0 Å². The molecular formula is C17H26N2O2. The molecule has 0 spiro atoms. The molecule has 1 saturated heterocycles. The van der Waals surface area contributed by atoms with Crippen LogP contribution in [0, 0.1) is 10.1 Å². The zero-order valence-corrected chi connectivity index (χ0v) is 13.6. The fraction of sp³-hybridized carbons (Fsp3) is 0.647. The lowest BCUT2D eigenvalue weighted by atomic mass is 9.89. The molecule has 1 aliphatic rings. The van der Waals surface area contributed by atoms with Crippen LogP contribution in [0.25, 0.3) is 0 Å². The van der Waals surface area contributed by atoms with Gasteiger partial charge in [-0.3, -0.25) is 10.1 Å². The third-order valence-corrected chi connectivity index (χ3v) is 4.29. The van der Waals surface area contributed by atoms with Crippen LogP contribution < -0.4 is 4.90 Å². The molecule has 21 heavy (non-hydrogen) atoms. The number of hydrogen-bond acceptors (Lipinski definition) is 3. The van der Waals surface area contributed by atoms with Crippen LogP contribution in [0.5, 0.6) is 0 Å². The lowest BCUT2D eigenvalue weighted by molar-refractivity contribution is -0.385. The standard InChI is InChI=1S/C17H26N2O2/c1-12(2)14-8-9-15(19(20)21)16(13(3)4)17(14)18-10-6-5-7-11-18/h8-9,12-13H,5-7,10-11H2,1-4H3. The maximum Gasteiger partial charge on any atom is 0.274 e. The van der Waals surface area contributed by atoms with E-state index in [0.717, 1.165) is 24.3 Å². The van der Waals surface area contributed by atoms with Gasteiger partial charge in [-0.1, -0.05) is 27.7 Å². The first kappa shape index (κ1) is 15.8. The van der Waals surface area contributed by atoms with E-state index < -0.39 is 0 Å². The normalized spacial score (nSPS) is 15.8. The Morgan fingerprint density at radius 3 is 2.14 bits per heavy atom. The maximum atomic E-state index is 11.4. The summed E-state index contributed by atoms with van der Waals surface area (Å²) in [5, 5.41) is 11.4. The first-order chi connectivity index (χ1) is 9.93. The average Bonchev–Trinajstić information content (AvgIpc) is 2.46. The quantitative estimate of drug-likeness (QED) is 0.589. The lowest BCUT2D eigenvalue weighted by Crippen LogP contribution is -2.31. The first-order valence-corrected chi connectivity index (χ1v) is 7.99. The summed E-state index contributed by atoms with van der Waals surface area (Å²) in [6.45, 7) is 10.5. The van der Waals surface area contributed by atoms with Gasteiger partial charge in [-0.25, -0.2) is 0 Å². The molecule has 116 valence electrons. The number of hydrogen-bond donors (Lipinski definition) is 0. The Hall–Kier alpha value is -1.58. The predicted octanol–water partition coefficient (Wildman–Crippen LogP) is 4.83. The van der Waals surface area contributed by atoms with Crippen molar-refractivity contribution in [2.45, 2.75) is 58.8 Å². The predicted molar refractivity (Wildman–Crippen MR) is 87.3 cm³/mol. The van der Waals surface area contributed by atoms with Crippen LogP contribution in [0.2, 0.25) is 0 Å². The highest BCUT2D eigenvalue weighted by Gasteiger charge is 2.27. The van der Waals surface area contributed by atoms with Crippen LogP contribution in [0.15, 0.2) is 12.1 Å². The van der Waals surface area contributed by atoms with Gasteiger partial charge in [0, 0.05) is 19.2 Å². The molecule has 0 unspecified atom stereocenters. The molecule has 0 aromatic heterocycles. The summed E-state index contributed by atoms with van der Waals surface area (Å²) in [5.41, 5.74) is 3.56. The second-order valence-electron chi connectivity index (χ2n) is 6.55. The van der Waals surface area contributed by atoms with Gasteiger partial charge in [-0.2, -0.15) is 0 Å². The fourth-order valence-corrected chi connectivity index (χ4v) is 3.28. The topological polar surface area (TPSA) is 46.4 Å². The van der Waals surface area contributed by atoms with Gasteiger partial charge in [0.05, 0.1) is 16.2 Å². The van der Waals surface area contributed by atoms with Crippen molar-refractivity contribution in [3.05, 3.63) is 33.4 Å². The summed E-state index contributed by atoms with van der Waals surface area (Å²) in [4.78, 5) is 13.6. The molecule has 1 aromatic rings. The highest BCUT2D eigenvalue weighted by molar-refractivity contribution is 5.69. The fourth-order valence-electron chi connectivity index (χ4n) is 3.28. The van der Waals surface area contributed by atoms with Gasteiger partial charge < -0.3 is 4.90 Å². The number of rotatable bonds is 4. The van der Waals surface area contributed by atoms with Gasteiger partial charge in [-0.15, -0.1) is 0 Å². The Morgan fingerprint density at radius 1 is 1.05 bits per heavy atom. The van der Waals surface area contributed by atoms with Crippen molar-refractivity contribution in [1.82, 2.24) is 0 Å². The Balaban J connectivity index is 2.65. The molecule has 2 rings (SSSR count). The number of benzene rings is 1. The number of nitrogens with zero attached hydrogens (tertiary/aromatic N) is 2. The summed E-state index contributed by atoms with van der Waals surface area (Å²) >= 11 is 0. The molecule has 0 atom stereocenters. The average molecular weight is 290 g/mol. The monoisotopic (exact) mass is 290 g/mol. The van der Waals surface area contributed by atoms with Gasteiger partial charge >= 0.3 is 0 Å². The van der Waals surface area contributed by atoms with Crippen molar-refractivity contribution >= 4 is 11.4 Å². The second-order valence-corrected chi connectivity index (χ2v) is 6.55. The Morgan fingerprint density at radius 2 is 1.67 bits per heavy atom.